The van der Waals surface area contributed by atoms with Crippen LogP contribution >= 0.6 is 0 Å². The fourth-order valence-electron chi connectivity index (χ4n) is 2.68. The molecule has 0 spiro atoms. The fourth-order valence-corrected chi connectivity index (χ4v) is 2.68. The van der Waals surface area contributed by atoms with Gasteiger partial charge in [-0.1, -0.05) is 24.3 Å². The normalized spacial score (nSPS) is 10.6. The first-order valence-corrected chi connectivity index (χ1v) is 8.97. The number of ether oxygens (including phenoxy) is 3. The van der Waals surface area contributed by atoms with Crippen molar-refractivity contribution in [3.05, 3.63) is 94.0 Å². The standard InChI is InChI=1S/C23H19NO6/c1-28-18-8-10-19(11-9-18)30-23-13-7-16(14-21(23)24(26)27)6-12-22(25)17-4-3-5-20(15-17)29-2/h3-15H,1-2H3/b12-6+. The van der Waals surface area contributed by atoms with Crippen LogP contribution in [0.5, 0.6) is 23.0 Å². The number of hydrogen-bond acceptors (Lipinski definition) is 6. The van der Waals surface area contributed by atoms with Gasteiger partial charge in [-0.05, 0) is 54.1 Å². The number of nitrogens with zero attached hydrogens (tertiary/aromatic N) is 1. The number of ketones is 1. The molecule has 0 aliphatic rings. The van der Waals surface area contributed by atoms with Gasteiger partial charge in [-0.25, -0.2) is 0 Å². The Kier molecular flexibility index (Phi) is 6.44. The zero-order chi connectivity index (χ0) is 21.5. The Bertz CT molecular complexity index is 1090. The minimum Gasteiger partial charge on any atom is -0.497 e. The van der Waals surface area contributed by atoms with Crippen LogP contribution in [0.3, 0.4) is 0 Å². The number of carbonyl (C=O) groups excluding carboxylic acids is 1. The van der Waals surface area contributed by atoms with Crippen LogP contribution in [0, 0.1) is 10.1 Å². The van der Waals surface area contributed by atoms with Gasteiger partial charge >= 0.3 is 5.69 Å². The lowest BCUT2D eigenvalue weighted by molar-refractivity contribution is -0.385. The number of nitro benzene ring substituents is 1. The molecule has 0 fully saturated rings. The van der Waals surface area contributed by atoms with Gasteiger partial charge in [0.2, 0.25) is 5.75 Å². The van der Waals surface area contributed by atoms with Crippen molar-refractivity contribution in [2.75, 3.05) is 14.2 Å². The van der Waals surface area contributed by atoms with Gasteiger partial charge in [-0.3, -0.25) is 14.9 Å². The van der Waals surface area contributed by atoms with Crippen molar-refractivity contribution in [2.24, 2.45) is 0 Å². The Morgan fingerprint density at radius 3 is 2.27 bits per heavy atom. The van der Waals surface area contributed by atoms with Crippen molar-refractivity contribution in [2.45, 2.75) is 0 Å². The number of rotatable bonds is 8. The molecule has 3 aromatic rings. The van der Waals surface area contributed by atoms with Crippen LogP contribution in [0.1, 0.15) is 15.9 Å². The Balaban J connectivity index is 1.80. The topological polar surface area (TPSA) is 87.9 Å². The summed E-state index contributed by atoms with van der Waals surface area (Å²) in [6.45, 7) is 0. The molecule has 0 radical (unpaired) electrons. The molecule has 0 bridgehead atoms. The highest BCUT2D eigenvalue weighted by Gasteiger charge is 2.16. The first kappa shape index (κ1) is 20.6. The van der Waals surface area contributed by atoms with E-state index in [1.165, 1.54) is 31.4 Å². The Morgan fingerprint density at radius 1 is 0.900 bits per heavy atom. The van der Waals surface area contributed by atoms with Crippen molar-refractivity contribution in [3.8, 4) is 23.0 Å². The van der Waals surface area contributed by atoms with Crippen LogP contribution in [0.2, 0.25) is 0 Å². The van der Waals surface area contributed by atoms with E-state index in [0.29, 0.717) is 28.4 Å². The van der Waals surface area contributed by atoms with Crippen molar-refractivity contribution >= 4 is 17.5 Å². The molecule has 0 amide bonds. The highest BCUT2D eigenvalue weighted by molar-refractivity contribution is 6.07. The molecule has 7 nitrogen and oxygen atoms in total. The SMILES string of the molecule is COc1ccc(Oc2ccc(/C=C/C(=O)c3cccc(OC)c3)cc2[N+](=O)[O-])cc1. The third kappa shape index (κ3) is 5.02. The summed E-state index contributed by atoms with van der Waals surface area (Å²) in [5.41, 5.74) is 0.751. The summed E-state index contributed by atoms with van der Waals surface area (Å²) in [5, 5.41) is 11.5. The van der Waals surface area contributed by atoms with E-state index in [4.69, 9.17) is 14.2 Å². The predicted molar refractivity (Wildman–Crippen MR) is 113 cm³/mol. The van der Waals surface area contributed by atoms with E-state index in [1.54, 1.807) is 61.7 Å². The smallest absolute Gasteiger partial charge is 0.312 e. The minimum absolute atomic E-state index is 0.0986. The minimum atomic E-state index is -0.528. The number of allylic oxidation sites excluding steroid dienone is 1. The van der Waals surface area contributed by atoms with Crippen LogP contribution in [-0.4, -0.2) is 24.9 Å². The van der Waals surface area contributed by atoms with Gasteiger partial charge in [0, 0.05) is 11.6 Å². The third-order valence-electron chi connectivity index (χ3n) is 4.25. The van der Waals surface area contributed by atoms with Gasteiger partial charge in [0.25, 0.3) is 0 Å². The quantitative estimate of drug-likeness (QED) is 0.219. The average molecular weight is 405 g/mol. The zero-order valence-electron chi connectivity index (χ0n) is 16.4. The average Bonchev–Trinajstić information content (AvgIpc) is 2.78. The van der Waals surface area contributed by atoms with Crippen molar-refractivity contribution in [3.63, 3.8) is 0 Å². The van der Waals surface area contributed by atoms with Gasteiger partial charge in [0.15, 0.2) is 5.78 Å². The maximum atomic E-state index is 12.4. The number of methoxy groups -OCH3 is 2. The molecule has 3 rings (SSSR count). The molecule has 0 atom stereocenters. The molecule has 0 unspecified atom stereocenters. The lowest BCUT2D eigenvalue weighted by atomic mass is 10.1. The van der Waals surface area contributed by atoms with Crippen molar-refractivity contribution in [1.82, 2.24) is 0 Å². The largest absolute Gasteiger partial charge is 0.497 e. The van der Waals surface area contributed by atoms with Gasteiger partial charge < -0.3 is 14.2 Å². The number of nitro groups is 1. The number of benzene rings is 3. The van der Waals surface area contributed by atoms with E-state index < -0.39 is 4.92 Å². The molecule has 0 aromatic heterocycles. The molecule has 7 heteroatoms. The molecule has 0 aliphatic heterocycles. The lowest BCUT2D eigenvalue weighted by Gasteiger charge is -2.08. The maximum Gasteiger partial charge on any atom is 0.312 e. The van der Waals surface area contributed by atoms with E-state index in [-0.39, 0.29) is 17.2 Å². The van der Waals surface area contributed by atoms with E-state index in [0.717, 1.165) is 0 Å². The molecule has 0 N–H and O–H groups in total. The van der Waals surface area contributed by atoms with Gasteiger partial charge in [0.1, 0.15) is 17.2 Å². The first-order valence-electron chi connectivity index (χ1n) is 8.97. The second kappa shape index (κ2) is 9.38. The molecule has 0 aliphatic carbocycles. The van der Waals surface area contributed by atoms with E-state index in [1.807, 2.05) is 0 Å². The summed E-state index contributed by atoms with van der Waals surface area (Å²) in [6, 6.07) is 18.0. The van der Waals surface area contributed by atoms with E-state index in [2.05, 4.69) is 0 Å². The van der Waals surface area contributed by atoms with Gasteiger partial charge in [-0.15, -0.1) is 0 Å². The summed E-state index contributed by atoms with van der Waals surface area (Å²) < 4.78 is 15.8. The molecule has 152 valence electrons. The Hall–Kier alpha value is -4.13. The number of carbonyl (C=O) groups is 1. The molecule has 3 aromatic carbocycles. The van der Waals surface area contributed by atoms with E-state index in [9.17, 15) is 14.9 Å². The Labute approximate surface area is 173 Å². The fraction of sp³-hybridized carbons (Fsp3) is 0.0870. The molecule has 0 heterocycles. The lowest BCUT2D eigenvalue weighted by Crippen LogP contribution is -1.96. The molecular formula is C23H19NO6. The summed E-state index contributed by atoms with van der Waals surface area (Å²) in [6.07, 6.45) is 2.88. The van der Waals surface area contributed by atoms with E-state index >= 15 is 0 Å². The first-order chi connectivity index (χ1) is 14.5. The third-order valence-corrected chi connectivity index (χ3v) is 4.25. The molecular weight excluding hydrogens is 386 g/mol. The van der Waals surface area contributed by atoms with Crippen LogP contribution < -0.4 is 14.2 Å². The molecule has 30 heavy (non-hydrogen) atoms. The molecule has 0 saturated carbocycles. The molecule has 0 saturated heterocycles. The van der Waals surface area contributed by atoms with Gasteiger partial charge in [0.05, 0.1) is 19.1 Å². The Morgan fingerprint density at radius 2 is 1.60 bits per heavy atom. The van der Waals surface area contributed by atoms with Crippen LogP contribution in [0.4, 0.5) is 5.69 Å². The van der Waals surface area contributed by atoms with Crippen LogP contribution in [-0.2, 0) is 0 Å². The summed E-state index contributed by atoms with van der Waals surface area (Å²) >= 11 is 0. The van der Waals surface area contributed by atoms with Crippen molar-refractivity contribution in [1.29, 1.82) is 0 Å². The second-order valence-corrected chi connectivity index (χ2v) is 6.19. The summed E-state index contributed by atoms with van der Waals surface area (Å²) in [5.74, 6) is 1.52. The van der Waals surface area contributed by atoms with Crippen LogP contribution in [0.15, 0.2) is 72.8 Å². The van der Waals surface area contributed by atoms with Crippen molar-refractivity contribution < 1.29 is 23.9 Å². The predicted octanol–water partition coefficient (Wildman–Crippen LogP) is 5.30. The summed E-state index contributed by atoms with van der Waals surface area (Å²) in [4.78, 5) is 23.3. The highest BCUT2D eigenvalue weighted by atomic mass is 16.6. The highest BCUT2D eigenvalue weighted by Crippen LogP contribution is 2.33. The second-order valence-electron chi connectivity index (χ2n) is 6.19. The zero-order valence-corrected chi connectivity index (χ0v) is 16.4. The van der Waals surface area contributed by atoms with Gasteiger partial charge in [-0.2, -0.15) is 0 Å². The summed E-state index contributed by atoms with van der Waals surface area (Å²) in [7, 11) is 3.07. The number of hydrogen-bond donors (Lipinski definition) is 0. The maximum absolute atomic E-state index is 12.4. The monoisotopic (exact) mass is 405 g/mol. The van der Waals surface area contributed by atoms with Crippen LogP contribution in [0.25, 0.3) is 6.08 Å².